The molecule has 68 valence electrons. The van der Waals surface area contributed by atoms with Crippen LogP contribution in [-0.4, -0.2) is 11.0 Å². The van der Waals surface area contributed by atoms with Gasteiger partial charge in [-0.2, -0.15) is 0 Å². The van der Waals surface area contributed by atoms with Gasteiger partial charge in [0, 0.05) is 16.5 Å². The molecule has 1 aliphatic heterocycles. The second-order valence-corrected chi connectivity index (χ2v) is 3.57. The summed E-state index contributed by atoms with van der Waals surface area (Å²) < 4.78 is 0.983. The zero-order valence-electron chi connectivity index (χ0n) is 7.60. The number of nitrogens with zero attached hydrogens (tertiary/aromatic N) is 1. The SMILES string of the molecule is [O-][N+]1=Cc2cccc3cccc(c23)C1. The molecule has 0 spiro atoms. The highest BCUT2D eigenvalue weighted by Crippen LogP contribution is 2.24. The molecule has 2 nitrogen and oxygen atoms in total. The molecule has 0 unspecified atom stereocenters. The van der Waals surface area contributed by atoms with Gasteiger partial charge in [0.25, 0.3) is 0 Å². The summed E-state index contributed by atoms with van der Waals surface area (Å²) in [6.45, 7) is 0.467. The molecule has 0 atom stereocenters. The number of hydrogen-bond donors (Lipinski definition) is 0. The summed E-state index contributed by atoms with van der Waals surface area (Å²) in [4.78, 5) is 0. The van der Waals surface area contributed by atoms with E-state index in [4.69, 9.17) is 0 Å². The van der Waals surface area contributed by atoms with E-state index in [0.29, 0.717) is 6.54 Å². The Morgan fingerprint density at radius 3 is 2.71 bits per heavy atom. The number of rotatable bonds is 0. The highest BCUT2D eigenvalue weighted by atomic mass is 16.5. The third-order valence-corrected chi connectivity index (χ3v) is 2.63. The first-order valence-corrected chi connectivity index (χ1v) is 4.64. The molecule has 1 aliphatic rings. The molecule has 0 saturated heterocycles. The van der Waals surface area contributed by atoms with Crippen LogP contribution in [0.5, 0.6) is 0 Å². The molecular formula is C12H9NO. The summed E-state index contributed by atoms with van der Waals surface area (Å²) in [6.07, 6.45) is 1.66. The molecule has 2 heteroatoms. The Hall–Kier alpha value is -1.83. The minimum absolute atomic E-state index is 0.467. The van der Waals surface area contributed by atoms with Gasteiger partial charge in [-0.3, -0.25) is 0 Å². The minimum Gasteiger partial charge on any atom is -0.624 e. The van der Waals surface area contributed by atoms with Gasteiger partial charge in [-0.05, 0) is 11.5 Å². The summed E-state index contributed by atoms with van der Waals surface area (Å²) in [7, 11) is 0. The van der Waals surface area contributed by atoms with Gasteiger partial charge in [-0.1, -0.05) is 30.3 Å². The van der Waals surface area contributed by atoms with E-state index in [1.807, 2.05) is 24.3 Å². The smallest absolute Gasteiger partial charge is 0.182 e. The molecule has 2 aromatic carbocycles. The van der Waals surface area contributed by atoms with E-state index in [1.165, 1.54) is 10.8 Å². The van der Waals surface area contributed by atoms with Gasteiger partial charge in [0.05, 0.1) is 0 Å². The summed E-state index contributed by atoms with van der Waals surface area (Å²) in [5, 5.41) is 13.8. The van der Waals surface area contributed by atoms with Crippen molar-refractivity contribution in [3.63, 3.8) is 0 Å². The lowest BCUT2D eigenvalue weighted by Crippen LogP contribution is -2.11. The summed E-state index contributed by atoms with van der Waals surface area (Å²) in [5.41, 5.74) is 2.15. The van der Waals surface area contributed by atoms with Crippen molar-refractivity contribution in [1.29, 1.82) is 0 Å². The van der Waals surface area contributed by atoms with E-state index in [1.54, 1.807) is 6.21 Å². The Bertz CT molecular complexity index is 538. The first kappa shape index (κ1) is 7.56. The number of hydrogen-bond acceptors (Lipinski definition) is 1. The fraction of sp³-hybridized carbons (Fsp3) is 0.0833. The maximum Gasteiger partial charge on any atom is 0.182 e. The van der Waals surface area contributed by atoms with E-state index in [0.717, 1.165) is 15.9 Å². The predicted octanol–water partition coefficient (Wildman–Crippen LogP) is 2.28. The standard InChI is InChI=1S/C12H9NO/c14-13-7-10-5-1-3-9-4-2-6-11(8-13)12(9)10/h1-7H,8H2. The molecule has 14 heavy (non-hydrogen) atoms. The molecule has 0 bridgehead atoms. The maximum absolute atomic E-state index is 11.3. The van der Waals surface area contributed by atoms with Crippen LogP contribution in [0, 0.1) is 5.21 Å². The van der Waals surface area contributed by atoms with Gasteiger partial charge < -0.3 is 5.21 Å². The Morgan fingerprint density at radius 1 is 1.07 bits per heavy atom. The van der Waals surface area contributed by atoms with Gasteiger partial charge in [-0.25, -0.2) is 4.74 Å². The molecular weight excluding hydrogens is 174 g/mol. The van der Waals surface area contributed by atoms with Gasteiger partial charge in [0.15, 0.2) is 12.8 Å². The Kier molecular flexibility index (Phi) is 1.39. The van der Waals surface area contributed by atoms with Crippen LogP contribution >= 0.6 is 0 Å². The van der Waals surface area contributed by atoms with Crippen molar-refractivity contribution in [2.75, 3.05) is 0 Å². The van der Waals surface area contributed by atoms with Crippen LogP contribution in [0.15, 0.2) is 36.4 Å². The molecule has 3 rings (SSSR count). The van der Waals surface area contributed by atoms with Gasteiger partial charge >= 0.3 is 0 Å². The summed E-state index contributed by atoms with van der Waals surface area (Å²) in [6, 6.07) is 12.1. The number of benzene rings is 2. The molecule has 0 saturated carbocycles. The number of hydroxylamine groups is 1. The zero-order chi connectivity index (χ0) is 9.54. The highest BCUT2D eigenvalue weighted by molar-refractivity contribution is 6.01. The molecule has 0 radical (unpaired) electrons. The fourth-order valence-corrected chi connectivity index (χ4v) is 2.06. The molecule has 1 heterocycles. The third kappa shape index (κ3) is 0.940. The Labute approximate surface area is 81.7 Å². The van der Waals surface area contributed by atoms with Crippen molar-refractivity contribution in [2.45, 2.75) is 6.54 Å². The first-order chi connectivity index (χ1) is 6.84. The minimum atomic E-state index is 0.467. The summed E-state index contributed by atoms with van der Waals surface area (Å²) >= 11 is 0. The van der Waals surface area contributed by atoms with Gasteiger partial charge in [-0.15, -0.1) is 0 Å². The normalized spacial score (nSPS) is 14.1. The van der Waals surface area contributed by atoms with E-state index < -0.39 is 0 Å². The van der Waals surface area contributed by atoms with E-state index >= 15 is 0 Å². The molecule has 0 N–H and O–H groups in total. The Morgan fingerprint density at radius 2 is 1.86 bits per heavy atom. The van der Waals surface area contributed by atoms with Gasteiger partial charge in [0.1, 0.15) is 0 Å². The maximum atomic E-state index is 11.3. The van der Waals surface area contributed by atoms with E-state index in [2.05, 4.69) is 12.1 Å². The monoisotopic (exact) mass is 183 g/mol. The van der Waals surface area contributed by atoms with Crippen LogP contribution < -0.4 is 0 Å². The van der Waals surface area contributed by atoms with Crippen molar-refractivity contribution in [3.05, 3.63) is 52.7 Å². The van der Waals surface area contributed by atoms with Crippen LogP contribution in [0.25, 0.3) is 10.8 Å². The first-order valence-electron chi connectivity index (χ1n) is 4.64. The molecule has 0 aliphatic carbocycles. The van der Waals surface area contributed by atoms with Crippen molar-refractivity contribution >= 4 is 17.0 Å². The Balaban J connectivity index is 2.50. The molecule has 0 fully saturated rings. The van der Waals surface area contributed by atoms with Crippen LogP contribution in [0.1, 0.15) is 11.1 Å². The van der Waals surface area contributed by atoms with Crippen LogP contribution in [0.3, 0.4) is 0 Å². The van der Waals surface area contributed by atoms with E-state index in [9.17, 15) is 5.21 Å². The van der Waals surface area contributed by atoms with Crippen LogP contribution in [0.4, 0.5) is 0 Å². The van der Waals surface area contributed by atoms with Crippen molar-refractivity contribution in [1.82, 2.24) is 0 Å². The van der Waals surface area contributed by atoms with Crippen molar-refractivity contribution in [3.8, 4) is 0 Å². The van der Waals surface area contributed by atoms with Crippen LogP contribution in [-0.2, 0) is 6.54 Å². The summed E-state index contributed by atoms with van der Waals surface area (Å²) in [5.74, 6) is 0. The molecule has 0 amide bonds. The lowest BCUT2D eigenvalue weighted by molar-refractivity contribution is -0.470. The lowest BCUT2D eigenvalue weighted by Gasteiger charge is -2.14. The highest BCUT2D eigenvalue weighted by Gasteiger charge is 2.13. The fourth-order valence-electron chi connectivity index (χ4n) is 2.06. The topological polar surface area (TPSA) is 26.1 Å². The second-order valence-electron chi connectivity index (χ2n) is 3.57. The predicted molar refractivity (Wildman–Crippen MR) is 56.4 cm³/mol. The van der Waals surface area contributed by atoms with Gasteiger partial charge in [0.2, 0.25) is 0 Å². The molecule has 0 aromatic heterocycles. The lowest BCUT2D eigenvalue weighted by atomic mass is 9.98. The van der Waals surface area contributed by atoms with Crippen LogP contribution in [0.2, 0.25) is 0 Å². The molecule has 2 aromatic rings. The zero-order valence-corrected chi connectivity index (χ0v) is 7.60. The van der Waals surface area contributed by atoms with E-state index in [-0.39, 0.29) is 0 Å². The van der Waals surface area contributed by atoms with Crippen molar-refractivity contribution < 1.29 is 4.74 Å². The second kappa shape index (κ2) is 2.58. The average Bonchev–Trinajstić information content (AvgIpc) is 2.18. The average molecular weight is 183 g/mol. The van der Waals surface area contributed by atoms with Crippen molar-refractivity contribution in [2.24, 2.45) is 0 Å². The largest absolute Gasteiger partial charge is 0.624 e. The third-order valence-electron chi connectivity index (χ3n) is 2.63. The quantitative estimate of drug-likeness (QED) is 0.454.